The predicted molar refractivity (Wildman–Crippen MR) is 97.7 cm³/mol. The van der Waals surface area contributed by atoms with Gasteiger partial charge in [0.1, 0.15) is 0 Å². The van der Waals surface area contributed by atoms with E-state index in [1.165, 1.54) is 12.1 Å². The topological polar surface area (TPSA) is 101 Å². The number of carbonyl (C=O) groups excluding carboxylic acids is 1. The maximum atomic E-state index is 12.9. The summed E-state index contributed by atoms with van der Waals surface area (Å²) in [7, 11) is 0. The largest absolute Gasteiger partial charge is 0.357 e. The summed E-state index contributed by atoms with van der Waals surface area (Å²) < 4.78 is 0. The minimum absolute atomic E-state index is 0.0327. The molecule has 0 spiro atoms. The van der Waals surface area contributed by atoms with Crippen LogP contribution in [0.5, 0.6) is 0 Å². The van der Waals surface area contributed by atoms with Gasteiger partial charge in [0.2, 0.25) is 0 Å². The number of rotatable bonds is 2. The molecule has 0 radical (unpaired) electrons. The molecule has 0 saturated carbocycles. The number of nitro groups is 1. The van der Waals surface area contributed by atoms with Crippen molar-refractivity contribution in [3.8, 4) is 0 Å². The molecule has 2 aromatic rings. The summed E-state index contributed by atoms with van der Waals surface area (Å²) in [5.41, 5.74) is 4.42. The van der Waals surface area contributed by atoms with Gasteiger partial charge in [-0.1, -0.05) is 13.8 Å². The van der Waals surface area contributed by atoms with E-state index >= 15 is 0 Å². The van der Waals surface area contributed by atoms with Gasteiger partial charge in [0.25, 0.3) is 5.69 Å². The molecule has 0 bridgehead atoms. The van der Waals surface area contributed by atoms with Crippen LogP contribution < -0.4 is 5.32 Å². The minimum Gasteiger partial charge on any atom is -0.357 e. The molecule has 0 saturated heterocycles. The van der Waals surface area contributed by atoms with E-state index in [9.17, 15) is 14.9 Å². The zero-order valence-electron chi connectivity index (χ0n) is 14.9. The lowest BCUT2D eigenvalue weighted by Crippen LogP contribution is -2.33. The van der Waals surface area contributed by atoms with Crippen LogP contribution in [0, 0.1) is 22.5 Å². The second-order valence-electron chi connectivity index (χ2n) is 7.59. The molecule has 7 nitrogen and oxygen atoms in total. The number of aromatic amines is 1. The molecule has 1 aromatic carbocycles. The van der Waals surface area contributed by atoms with E-state index in [0.29, 0.717) is 6.42 Å². The number of carbonyl (C=O) groups is 1. The molecule has 0 amide bonds. The van der Waals surface area contributed by atoms with E-state index in [0.717, 1.165) is 40.2 Å². The highest BCUT2D eigenvalue weighted by Crippen LogP contribution is 2.53. The van der Waals surface area contributed by atoms with Crippen LogP contribution in [0.3, 0.4) is 0 Å². The lowest BCUT2D eigenvalue weighted by molar-refractivity contribution is -0.384. The van der Waals surface area contributed by atoms with Crippen LogP contribution in [0.15, 0.2) is 29.8 Å². The van der Waals surface area contributed by atoms with Crippen molar-refractivity contribution in [1.29, 1.82) is 0 Å². The highest BCUT2D eigenvalue weighted by molar-refractivity contribution is 6.09. The van der Waals surface area contributed by atoms with Gasteiger partial charge in [-0.25, -0.2) is 0 Å². The van der Waals surface area contributed by atoms with Gasteiger partial charge in [-0.15, -0.1) is 0 Å². The fourth-order valence-corrected chi connectivity index (χ4v) is 4.05. The van der Waals surface area contributed by atoms with Crippen LogP contribution in [-0.2, 0) is 4.79 Å². The van der Waals surface area contributed by atoms with E-state index in [4.69, 9.17) is 0 Å². The number of anilines is 1. The van der Waals surface area contributed by atoms with E-state index in [1.807, 2.05) is 6.92 Å². The number of nitrogens with one attached hydrogen (secondary N) is 2. The third kappa shape index (κ3) is 2.34. The monoisotopic (exact) mass is 352 g/mol. The summed E-state index contributed by atoms with van der Waals surface area (Å²) in [6, 6.07) is 6.01. The molecular weight excluding hydrogens is 332 g/mol. The number of benzene rings is 1. The van der Waals surface area contributed by atoms with E-state index < -0.39 is 4.92 Å². The summed E-state index contributed by atoms with van der Waals surface area (Å²) in [5.74, 6) is 0.855. The van der Waals surface area contributed by atoms with Gasteiger partial charge >= 0.3 is 0 Å². The van der Waals surface area contributed by atoms with E-state index in [-0.39, 0.29) is 22.9 Å². The van der Waals surface area contributed by atoms with Crippen molar-refractivity contribution >= 4 is 22.9 Å². The quantitative estimate of drug-likeness (QED) is 0.630. The molecule has 2 heterocycles. The van der Waals surface area contributed by atoms with Gasteiger partial charge in [0.15, 0.2) is 11.6 Å². The molecule has 26 heavy (non-hydrogen) atoms. The second-order valence-corrected chi connectivity index (χ2v) is 7.59. The number of allylic oxidation sites excluding steroid dienone is 1. The van der Waals surface area contributed by atoms with Gasteiger partial charge in [-0.2, -0.15) is 5.10 Å². The number of hydrogen-bond donors (Lipinski definition) is 2. The number of Topliss-reactive ketones (excluding diaryl/α,β-unsaturated/α-hetero) is 1. The lowest BCUT2D eigenvalue weighted by atomic mass is 9.66. The number of nitrogens with zero attached hydrogens (tertiary/aromatic N) is 2. The van der Waals surface area contributed by atoms with Gasteiger partial charge < -0.3 is 5.32 Å². The van der Waals surface area contributed by atoms with E-state index in [1.54, 1.807) is 12.1 Å². The second kappa shape index (κ2) is 5.52. The summed E-state index contributed by atoms with van der Waals surface area (Å²) in [5, 5.41) is 21.7. The van der Waals surface area contributed by atoms with Crippen molar-refractivity contribution in [3.63, 3.8) is 0 Å². The molecular formula is C19H20N4O3. The van der Waals surface area contributed by atoms with Crippen LogP contribution in [0.1, 0.15) is 49.6 Å². The number of ketones is 1. The Morgan fingerprint density at radius 2 is 1.96 bits per heavy atom. The fourth-order valence-electron chi connectivity index (χ4n) is 4.05. The molecule has 1 aliphatic heterocycles. The Morgan fingerprint density at radius 1 is 1.27 bits per heavy atom. The summed E-state index contributed by atoms with van der Waals surface area (Å²) in [6.45, 7) is 6.27. The molecule has 1 aromatic heterocycles. The van der Waals surface area contributed by atoms with E-state index in [2.05, 4.69) is 29.4 Å². The van der Waals surface area contributed by atoms with Crippen LogP contribution in [0.4, 0.5) is 11.5 Å². The zero-order chi connectivity index (χ0) is 18.6. The van der Waals surface area contributed by atoms with Crippen molar-refractivity contribution < 1.29 is 9.72 Å². The third-order valence-electron chi connectivity index (χ3n) is 5.43. The fraction of sp³-hybridized carbons (Fsp3) is 0.368. The van der Waals surface area contributed by atoms with Gasteiger partial charge in [-0.3, -0.25) is 20.0 Å². The number of hydrogen-bond acceptors (Lipinski definition) is 5. The summed E-state index contributed by atoms with van der Waals surface area (Å²) >= 11 is 0. The van der Waals surface area contributed by atoms with Crippen LogP contribution in [0.2, 0.25) is 0 Å². The average molecular weight is 352 g/mol. The van der Waals surface area contributed by atoms with Gasteiger partial charge in [-0.05, 0) is 42.0 Å². The Kier molecular flexibility index (Phi) is 3.50. The molecule has 0 unspecified atom stereocenters. The smallest absolute Gasteiger partial charge is 0.269 e. The molecule has 4 rings (SSSR count). The Bertz CT molecular complexity index is 954. The molecule has 7 heteroatoms. The van der Waals surface area contributed by atoms with Gasteiger partial charge in [0.05, 0.1) is 11.0 Å². The number of nitro benzene ring substituents is 1. The molecule has 1 aliphatic carbocycles. The Labute approximate surface area is 150 Å². The zero-order valence-corrected chi connectivity index (χ0v) is 14.9. The first-order valence-corrected chi connectivity index (χ1v) is 8.63. The number of H-pyrrole nitrogens is 1. The molecule has 1 atom stereocenters. The predicted octanol–water partition coefficient (Wildman–Crippen LogP) is 3.94. The number of aryl methyl sites for hydroxylation is 1. The first-order valence-electron chi connectivity index (χ1n) is 8.63. The van der Waals surface area contributed by atoms with Crippen molar-refractivity contribution in [2.45, 2.75) is 39.7 Å². The normalized spacial score (nSPS) is 21.0. The molecule has 134 valence electrons. The number of fused-ring (bicyclic) bond motifs is 2. The molecule has 2 aliphatic rings. The van der Waals surface area contributed by atoms with Crippen molar-refractivity contribution in [3.05, 3.63) is 56.8 Å². The number of non-ortho nitro benzene ring substituents is 1. The molecule has 0 fully saturated rings. The first kappa shape index (κ1) is 16.5. The average Bonchev–Trinajstić information content (AvgIpc) is 2.98. The highest BCUT2D eigenvalue weighted by atomic mass is 16.6. The Balaban J connectivity index is 1.92. The Morgan fingerprint density at radius 3 is 2.62 bits per heavy atom. The van der Waals surface area contributed by atoms with Gasteiger partial charge in [0, 0.05) is 35.4 Å². The summed E-state index contributed by atoms with van der Waals surface area (Å²) in [6.07, 6.45) is 1.30. The molecule has 2 N–H and O–H groups in total. The van der Waals surface area contributed by atoms with Crippen LogP contribution >= 0.6 is 0 Å². The summed E-state index contributed by atoms with van der Waals surface area (Å²) in [4.78, 5) is 23.4. The third-order valence-corrected chi connectivity index (χ3v) is 5.43. The van der Waals surface area contributed by atoms with Crippen molar-refractivity contribution in [2.24, 2.45) is 5.41 Å². The Hall–Kier alpha value is -2.96. The number of aromatic nitrogens is 2. The highest BCUT2D eigenvalue weighted by Gasteiger charge is 2.43. The van der Waals surface area contributed by atoms with Crippen LogP contribution in [-0.4, -0.2) is 20.9 Å². The van der Waals surface area contributed by atoms with Crippen LogP contribution in [0.25, 0.3) is 5.57 Å². The maximum Gasteiger partial charge on any atom is 0.269 e. The van der Waals surface area contributed by atoms with Crippen molar-refractivity contribution in [2.75, 3.05) is 5.32 Å². The minimum atomic E-state index is -0.424. The first-order chi connectivity index (χ1) is 12.3. The van der Waals surface area contributed by atoms with Crippen molar-refractivity contribution in [1.82, 2.24) is 10.2 Å². The SMILES string of the molecule is Cc1[nH]nc2c1C1=C(C(=O)CCC1(C)C)[C@H](c1ccc([N+](=O)[O-])cc1)N2. The lowest BCUT2D eigenvalue weighted by Gasteiger charge is -2.40. The standard InChI is InChI=1S/C19H20N4O3/c1-10-14-16-15(13(24)8-9-19(16,2)3)17(20-18(14)22-21-10)11-4-6-12(7-5-11)23(25)26/h4-7,17H,8-9H2,1-3H3,(H2,20,21,22)/t17-/m0/s1. The maximum absolute atomic E-state index is 12.9.